The van der Waals surface area contributed by atoms with Crippen LogP contribution in [0, 0.1) is 12.7 Å². The van der Waals surface area contributed by atoms with Crippen LogP contribution in [0.1, 0.15) is 16.1 Å². The standard InChI is InChI=1S/C16H12FNO2/c1-10-8-12(6-7-13(10)17)18-16(19)15-9-11-4-2-3-5-14(11)20-15/h2-9H,1H3,(H,18,19). The first kappa shape index (κ1) is 12.4. The van der Waals surface area contributed by atoms with Crippen LogP contribution in [0.25, 0.3) is 11.0 Å². The van der Waals surface area contributed by atoms with Crippen LogP contribution < -0.4 is 5.32 Å². The van der Waals surface area contributed by atoms with Crippen molar-refractivity contribution >= 4 is 22.6 Å². The lowest BCUT2D eigenvalue weighted by molar-refractivity contribution is 0.0998. The van der Waals surface area contributed by atoms with E-state index < -0.39 is 0 Å². The number of para-hydroxylation sites is 1. The maximum absolute atomic E-state index is 13.2. The minimum absolute atomic E-state index is 0.230. The fourth-order valence-corrected chi connectivity index (χ4v) is 2.01. The number of halogens is 1. The van der Waals surface area contributed by atoms with Crippen LogP contribution in [0.2, 0.25) is 0 Å². The number of nitrogens with one attached hydrogen (secondary N) is 1. The molecule has 0 aliphatic heterocycles. The monoisotopic (exact) mass is 269 g/mol. The van der Waals surface area contributed by atoms with E-state index in [0.717, 1.165) is 5.39 Å². The van der Waals surface area contributed by atoms with Gasteiger partial charge < -0.3 is 9.73 Å². The Labute approximate surface area is 115 Å². The summed E-state index contributed by atoms with van der Waals surface area (Å²) in [4.78, 5) is 12.1. The van der Waals surface area contributed by atoms with Crippen LogP contribution in [0.15, 0.2) is 52.9 Å². The van der Waals surface area contributed by atoms with E-state index >= 15 is 0 Å². The lowest BCUT2D eigenvalue weighted by atomic mass is 10.2. The van der Waals surface area contributed by atoms with Gasteiger partial charge in [0.2, 0.25) is 0 Å². The molecule has 0 radical (unpaired) electrons. The number of carbonyl (C=O) groups is 1. The molecule has 0 saturated carbocycles. The number of amides is 1. The fourth-order valence-electron chi connectivity index (χ4n) is 2.01. The van der Waals surface area contributed by atoms with Gasteiger partial charge in [-0.25, -0.2) is 4.39 Å². The number of hydrogen-bond donors (Lipinski definition) is 1. The van der Waals surface area contributed by atoms with Gasteiger partial charge in [0.1, 0.15) is 11.4 Å². The van der Waals surface area contributed by atoms with E-state index in [2.05, 4.69) is 5.32 Å². The van der Waals surface area contributed by atoms with Crippen molar-refractivity contribution in [2.24, 2.45) is 0 Å². The number of rotatable bonds is 2. The van der Waals surface area contributed by atoms with E-state index in [-0.39, 0.29) is 17.5 Å². The average Bonchev–Trinajstić information content (AvgIpc) is 2.87. The summed E-state index contributed by atoms with van der Waals surface area (Å²) in [6.45, 7) is 1.65. The van der Waals surface area contributed by atoms with Gasteiger partial charge in [-0.2, -0.15) is 0 Å². The van der Waals surface area contributed by atoms with Gasteiger partial charge in [-0.15, -0.1) is 0 Å². The molecule has 3 nitrogen and oxygen atoms in total. The highest BCUT2D eigenvalue weighted by atomic mass is 19.1. The van der Waals surface area contributed by atoms with Gasteiger partial charge in [-0.3, -0.25) is 4.79 Å². The summed E-state index contributed by atoms with van der Waals surface area (Å²) in [6, 6.07) is 13.5. The third-order valence-corrected chi connectivity index (χ3v) is 3.07. The minimum Gasteiger partial charge on any atom is -0.451 e. The van der Waals surface area contributed by atoms with Crippen LogP contribution in [0.3, 0.4) is 0 Å². The molecule has 2 aromatic carbocycles. The molecule has 3 aromatic rings. The van der Waals surface area contributed by atoms with Crippen LogP contribution >= 0.6 is 0 Å². The molecular formula is C16H12FNO2. The van der Waals surface area contributed by atoms with Gasteiger partial charge >= 0.3 is 0 Å². The minimum atomic E-state index is -0.354. The third-order valence-electron chi connectivity index (χ3n) is 3.07. The van der Waals surface area contributed by atoms with E-state index in [1.165, 1.54) is 12.1 Å². The van der Waals surface area contributed by atoms with E-state index in [1.54, 1.807) is 25.1 Å². The number of benzene rings is 2. The summed E-state index contributed by atoms with van der Waals surface area (Å²) in [5.74, 6) is -0.424. The fraction of sp³-hybridized carbons (Fsp3) is 0.0625. The molecule has 0 fully saturated rings. The highest BCUT2D eigenvalue weighted by Gasteiger charge is 2.12. The van der Waals surface area contributed by atoms with Crippen LogP contribution in [-0.4, -0.2) is 5.91 Å². The molecule has 4 heteroatoms. The molecule has 20 heavy (non-hydrogen) atoms. The van der Waals surface area contributed by atoms with E-state index in [1.807, 2.05) is 18.2 Å². The maximum Gasteiger partial charge on any atom is 0.291 e. The molecule has 1 heterocycles. The van der Waals surface area contributed by atoms with Gasteiger partial charge in [0.25, 0.3) is 5.91 Å². The molecule has 0 atom stereocenters. The molecule has 1 N–H and O–H groups in total. The zero-order valence-electron chi connectivity index (χ0n) is 10.8. The van der Waals surface area contributed by atoms with E-state index in [4.69, 9.17) is 4.42 Å². The molecule has 0 unspecified atom stereocenters. The SMILES string of the molecule is Cc1cc(NC(=O)c2cc3ccccc3o2)ccc1F. The van der Waals surface area contributed by atoms with Crippen LogP contribution in [-0.2, 0) is 0 Å². The Bertz CT molecular complexity index is 759. The summed E-state index contributed by atoms with van der Waals surface area (Å²) in [5.41, 5.74) is 1.68. The van der Waals surface area contributed by atoms with Crippen molar-refractivity contribution in [3.05, 3.63) is 65.7 Å². The first-order valence-corrected chi connectivity index (χ1v) is 6.19. The zero-order chi connectivity index (χ0) is 14.1. The first-order chi connectivity index (χ1) is 9.63. The Morgan fingerprint density at radius 2 is 1.95 bits per heavy atom. The molecule has 3 rings (SSSR count). The molecule has 1 aromatic heterocycles. The second-order valence-electron chi connectivity index (χ2n) is 4.57. The normalized spacial score (nSPS) is 10.7. The Hall–Kier alpha value is -2.62. The van der Waals surface area contributed by atoms with Crippen molar-refractivity contribution in [1.29, 1.82) is 0 Å². The quantitative estimate of drug-likeness (QED) is 0.760. The van der Waals surface area contributed by atoms with Crippen molar-refractivity contribution in [2.45, 2.75) is 6.92 Å². The summed E-state index contributed by atoms with van der Waals surface area (Å²) in [5, 5.41) is 3.56. The summed E-state index contributed by atoms with van der Waals surface area (Å²) in [7, 11) is 0. The Morgan fingerprint density at radius 1 is 1.15 bits per heavy atom. The number of fused-ring (bicyclic) bond motifs is 1. The largest absolute Gasteiger partial charge is 0.451 e. The van der Waals surface area contributed by atoms with Gasteiger partial charge in [-0.05, 0) is 42.8 Å². The first-order valence-electron chi connectivity index (χ1n) is 6.19. The van der Waals surface area contributed by atoms with E-state index in [9.17, 15) is 9.18 Å². The number of hydrogen-bond acceptors (Lipinski definition) is 2. The Kier molecular flexibility index (Phi) is 2.99. The topological polar surface area (TPSA) is 42.2 Å². The Morgan fingerprint density at radius 3 is 2.70 bits per heavy atom. The average molecular weight is 269 g/mol. The third kappa shape index (κ3) is 2.28. The van der Waals surface area contributed by atoms with Crippen molar-refractivity contribution in [2.75, 3.05) is 5.32 Å². The lowest BCUT2D eigenvalue weighted by Crippen LogP contribution is -2.11. The molecule has 0 bridgehead atoms. The lowest BCUT2D eigenvalue weighted by Gasteiger charge is -2.04. The number of furan rings is 1. The van der Waals surface area contributed by atoms with Gasteiger partial charge in [0.15, 0.2) is 5.76 Å². The highest BCUT2D eigenvalue weighted by molar-refractivity contribution is 6.04. The van der Waals surface area contributed by atoms with Crippen LogP contribution in [0.5, 0.6) is 0 Å². The summed E-state index contributed by atoms with van der Waals surface area (Å²) in [6.07, 6.45) is 0. The van der Waals surface area contributed by atoms with Crippen molar-refractivity contribution in [3.63, 3.8) is 0 Å². The van der Waals surface area contributed by atoms with Gasteiger partial charge in [0, 0.05) is 11.1 Å². The zero-order valence-corrected chi connectivity index (χ0v) is 10.8. The number of anilines is 1. The van der Waals surface area contributed by atoms with Crippen molar-refractivity contribution in [1.82, 2.24) is 0 Å². The van der Waals surface area contributed by atoms with Gasteiger partial charge in [-0.1, -0.05) is 18.2 Å². The van der Waals surface area contributed by atoms with Crippen molar-refractivity contribution < 1.29 is 13.6 Å². The molecule has 0 aliphatic carbocycles. The second-order valence-corrected chi connectivity index (χ2v) is 4.57. The summed E-state index contributed by atoms with van der Waals surface area (Å²) >= 11 is 0. The number of carbonyl (C=O) groups excluding carboxylic acids is 1. The van der Waals surface area contributed by atoms with Gasteiger partial charge in [0.05, 0.1) is 0 Å². The summed E-state index contributed by atoms with van der Waals surface area (Å²) < 4.78 is 18.6. The maximum atomic E-state index is 13.2. The molecule has 0 saturated heterocycles. The predicted molar refractivity (Wildman–Crippen MR) is 75.3 cm³/mol. The molecule has 1 amide bonds. The molecular weight excluding hydrogens is 257 g/mol. The smallest absolute Gasteiger partial charge is 0.291 e. The van der Waals surface area contributed by atoms with E-state index in [0.29, 0.717) is 16.8 Å². The predicted octanol–water partition coefficient (Wildman–Crippen LogP) is 4.13. The number of aryl methyl sites for hydroxylation is 1. The highest BCUT2D eigenvalue weighted by Crippen LogP contribution is 2.20. The Balaban J connectivity index is 1.86. The molecule has 0 aliphatic rings. The second kappa shape index (κ2) is 4.81. The van der Waals surface area contributed by atoms with Crippen LogP contribution in [0.4, 0.5) is 10.1 Å². The molecule has 0 spiro atoms. The molecule has 100 valence electrons. The van der Waals surface area contributed by atoms with Crippen molar-refractivity contribution in [3.8, 4) is 0 Å².